The Morgan fingerprint density at radius 2 is 0.881 bits per heavy atom. The van der Waals surface area contributed by atoms with Crippen molar-refractivity contribution in [1.29, 1.82) is 0 Å². The van der Waals surface area contributed by atoms with Crippen LogP contribution in [-0.4, -0.2) is 220 Å². The Balaban J connectivity index is 3.01. The summed E-state index contributed by atoms with van der Waals surface area (Å²) in [6, 6.07) is -11.9. The molecule has 23 heteroatoms. The van der Waals surface area contributed by atoms with Crippen molar-refractivity contribution in [3.63, 3.8) is 0 Å². The number of rotatable bonds is 19. The Morgan fingerprint density at radius 3 is 1.33 bits per heavy atom. The van der Waals surface area contributed by atoms with Crippen molar-refractivity contribution in [3.8, 4) is 0 Å². The third kappa shape index (κ3) is 17.6. The minimum Gasteiger partial charge on any atom is -0.390 e. The third-order valence-corrected chi connectivity index (χ3v) is 17.4. The van der Waals surface area contributed by atoms with E-state index in [1.165, 1.54) is 82.8 Å². The molecule has 13 atom stereocenters. The first-order valence-electron chi connectivity index (χ1n) is 30.9. The number of allylic oxidation sites excluding steroid dienone is 2. The van der Waals surface area contributed by atoms with Crippen molar-refractivity contribution >= 4 is 65.0 Å². The molecule has 0 aromatic heterocycles. The van der Waals surface area contributed by atoms with Crippen molar-refractivity contribution in [2.75, 3.05) is 49.3 Å². The number of unbranched alkanes of at least 4 members (excludes halogenated alkanes) is 4. The number of aliphatic hydroxyl groups is 1. The van der Waals surface area contributed by atoms with Gasteiger partial charge in [-0.05, 0) is 72.1 Å². The van der Waals surface area contributed by atoms with Gasteiger partial charge in [-0.2, -0.15) is 0 Å². The van der Waals surface area contributed by atoms with Gasteiger partial charge in [0.15, 0.2) is 5.78 Å². The van der Waals surface area contributed by atoms with E-state index in [0.717, 1.165) is 14.7 Å². The van der Waals surface area contributed by atoms with E-state index < -0.39 is 143 Å². The number of ketones is 1. The maximum Gasteiger partial charge on any atom is 0.326 e. The monoisotopic (exact) mass is 1190 g/mol. The van der Waals surface area contributed by atoms with E-state index in [1.54, 1.807) is 26.0 Å². The summed E-state index contributed by atoms with van der Waals surface area (Å²) in [5.41, 5.74) is 5.10. The first kappa shape index (κ1) is 74.1. The number of nitrogens with zero attached hydrogens (tertiary/aromatic N) is 7. The molecule has 2 fully saturated rings. The lowest BCUT2D eigenvalue weighted by Crippen LogP contribution is -2.64. The number of nitrogens with one attached hydrogen (secondary N) is 3. The van der Waals surface area contributed by atoms with Gasteiger partial charge in [0, 0.05) is 55.3 Å². The smallest absolute Gasteiger partial charge is 0.326 e. The lowest BCUT2D eigenvalue weighted by molar-refractivity contribution is -0.155. The van der Waals surface area contributed by atoms with Gasteiger partial charge in [-0.1, -0.05) is 125 Å². The summed E-state index contributed by atoms with van der Waals surface area (Å²) in [6.07, 6.45) is 8.04. The first-order chi connectivity index (χ1) is 39.5. The second-order valence-electron chi connectivity index (χ2n) is 23.4. The first-order valence-corrected chi connectivity index (χ1v) is 30.9. The molecule has 0 aromatic rings. The van der Waals surface area contributed by atoms with E-state index in [-0.39, 0.29) is 51.4 Å². The van der Waals surface area contributed by atoms with E-state index >= 15 is 14.4 Å². The van der Waals surface area contributed by atoms with Crippen LogP contribution in [0, 0.1) is 11.8 Å². The maximum absolute atomic E-state index is 15.3. The molecule has 1 heterocycles. The number of nitrogens with two attached hydrogens (primary N) is 1. The highest BCUT2D eigenvalue weighted by Gasteiger charge is 2.64. The summed E-state index contributed by atoms with van der Waals surface area (Å²) >= 11 is 0. The zero-order chi connectivity index (χ0) is 64.1. The highest BCUT2D eigenvalue weighted by molar-refractivity contribution is 6.06. The van der Waals surface area contributed by atoms with E-state index in [1.807, 2.05) is 41.5 Å². The molecule has 1 saturated heterocycles. The van der Waals surface area contributed by atoms with Gasteiger partial charge in [0.2, 0.25) is 53.2 Å². The van der Waals surface area contributed by atoms with Gasteiger partial charge in [0.05, 0.1) is 17.6 Å². The van der Waals surface area contributed by atoms with Gasteiger partial charge in [0.1, 0.15) is 54.4 Å². The molecule has 6 N–H and O–H groups in total. The zero-order valence-electron chi connectivity index (χ0n) is 54.0. The zero-order valence-corrected chi connectivity index (χ0v) is 54.0. The molecule has 0 spiro atoms. The minimum atomic E-state index is -2.17. The molecule has 11 amide bonds. The number of amides is 11. The van der Waals surface area contributed by atoms with Crippen LogP contribution in [0.5, 0.6) is 0 Å². The van der Waals surface area contributed by atoms with Crippen molar-refractivity contribution in [2.24, 2.45) is 17.6 Å². The number of hydrogen-bond acceptors (Lipinski definition) is 13. The van der Waals surface area contributed by atoms with E-state index in [9.17, 15) is 43.5 Å². The summed E-state index contributed by atoms with van der Waals surface area (Å²) in [5, 5.41) is 20.6. The predicted octanol–water partition coefficient (Wildman–Crippen LogP) is 4.12. The molecule has 0 aromatic carbocycles. The number of hydrogen-bond donors (Lipinski definition) is 5. The number of Topliss-reactive ketones (excluding diaryl/α,β-unsaturated/α-hetero) is 1. The lowest BCUT2D eigenvalue weighted by Gasteiger charge is -2.39. The minimum absolute atomic E-state index is 0.00113. The van der Waals surface area contributed by atoms with Gasteiger partial charge in [-0.3, -0.25) is 52.8 Å². The Labute approximate surface area is 501 Å². The van der Waals surface area contributed by atoms with Gasteiger partial charge in [-0.25, -0.2) is 4.79 Å². The van der Waals surface area contributed by atoms with Crippen LogP contribution in [0.2, 0.25) is 0 Å². The van der Waals surface area contributed by atoms with Crippen LogP contribution in [0.25, 0.3) is 0 Å². The molecule has 0 radical (unpaired) electrons. The molecule has 2 bridgehead atoms. The maximum atomic E-state index is 15.3. The van der Waals surface area contributed by atoms with Crippen LogP contribution in [0.1, 0.15) is 185 Å². The Morgan fingerprint density at radius 1 is 0.476 bits per heavy atom. The number of likely N-dealkylation sites (N-methyl/N-ethyl adjacent to an activating group) is 6. The summed E-state index contributed by atoms with van der Waals surface area (Å²) in [6.45, 7) is 17.6. The normalized spacial score (nSPS) is 29.9. The van der Waals surface area contributed by atoms with E-state index in [2.05, 4.69) is 16.0 Å². The molecule has 478 valence electrons. The van der Waals surface area contributed by atoms with Crippen LogP contribution >= 0.6 is 0 Å². The van der Waals surface area contributed by atoms with Crippen LogP contribution < -0.4 is 21.7 Å². The number of aliphatic hydroxyl groups excluding tert-OH is 1. The molecular weight excluding hydrogens is 1080 g/mol. The average Bonchev–Trinajstić information content (AvgIpc) is 2.08. The topological polar surface area (TPSA) is 293 Å². The molecule has 2 aliphatic rings. The van der Waals surface area contributed by atoms with Crippen LogP contribution in [0.15, 0.2) is 12.2 Å². The molecule has 1 aliphatic carbocycles. The molecule has 13 unspecified atom stereocenters. The van der Waals surface area contributed by atoms with Crippen LogP contribution in [0.3, 0.4) is 0 Å². The van der Waals surface area contributed by atoms with Crippen molar-refractivity contribution in [2.45, 2.75) is 251 Å². The SMILES string of the molecule is C/C=C/CC1C(O)C2C(=O)C1(N)C(CC)C(=O)N(C)C(=O)N(C)C(CCCC)C(=O)NC(CCC)C(=O)N(C)C(CCCC)C(=O)NC(C)C(=O)NC(C)C(=O)N(C)C(CCCC)C(=O)N(C)C(CCCC)C(=O)N(C)C(CCC)C(=O)N2C. The summed E-state index contributed by atoms with van der Waals surface area (Å²) < 4.78 is 0. The van der Waals surface area contributed by atoms with Crippen LogP contribution in [-0.2, 0) is 47.9 Å². The molecule has 2 rings (SSSR count). The Bertz CT molecular complexity index is 2300. The number of fused-ring (bicyclic) bond motifs is 2. The van der Waals surface area contributed by atoms with Crippen LogP contribution in [0.4, 0.5) is 4.79 Å². The summed E-state index contributed by atoms with van der Waals surface area (Å²) in [5.74, 6) is -9.46. The molecular formula is C61H107N11O12. The highest BCUT2D eigenvalue weighted by atomic mass is 16.3. The third-order valence-electron chi connectivity index (χ3n) is 17.4. The standard InChI is InChI=1S/C61H107N11O12/c1-18-26-33-41-49(73)48-50(74)61(41,62)40(25-8)55(79)72(17)60(84)70(15)44(35-28-20-3)53(77)65-42(31-23-6)56(80)66(11)43(34-27-19-2)52(76)63-38(9)51(75)64-39(10)54(78)67(12)46(36-29-21-4)57(81)69(14)47(37-30-22-5)58(82)68(13)45(32-24-7)59(83)71(48)16/h18,26,38-49,73H,19-25,27-37,62H2,1-17H3,(H,63,76)(H,64,75)(H,65,77)/b26-18+. The number of carbonyl (C=O) groups excluding carboxylic acids is 11. The van der Waals surface area contributed by atoms with Crippen molar-refractivity contribution < 1.29 is 57.8 Å². The second kappa shape index (κ2) is 34.9. The van der Waals surface area contributed by atoms with Crippen molar-refractivity contribution in [1.82, 2.24) is 50.2 Å². The fourth-order valence-corrected chi connectivity index (χ4v) is 11.9. The fourth-order valence-electron chi connectivity index (χ4n) is 11.9. The Kier molecular flexibility index (Phi) is 30.8. The average molecular weight is 1190 g/mol. The quantitative estimate of drug-likeness (QED) is 0.114. The van der Waals surface area contributed by atoms with E-state index in [0.29, 0.717) is 64.2 Å². The van der Waals surface area contributed by atoms with Crippen molar-refractivity contribution in [3.05, 3.63) is 12.2 Å². The summed E-state index contributed by atoms with van der Waals surface area (Å²) in [4.78, 5) is 169. The largest absolute Gasteiger partial charge is 0.390 e. The summed E-state index contributed by atoms with van der Waals surface area (Å²) in [7, 11) is 9.73. The number of imide groups is 1. The lowest BCUT2D eigenvalue weighted by atomic mass is 9.72. The number of carbonyl (C=O) groups is 11. The van der Waals surface area contributed by atoms with Gasteiger partial charge in [0.25, 0.3) is 0 Å². The fraction of sp³-hybridized carbons (Fsp3) is 0.787. The predicted molar refractivity (Wildman–Crippen MR) is 322 cm³/mol. The molecule has 1 saturated carbocycles. The van der Waals surface area contributed by atoms with Gasteiger partial charge < -0.3 is 56.2 Å². The number of urea groups is 1. The second-order valence-corrected chi connectivity index (χ2v) is 23.4. The van der Waals surface area contributed by atoms with Gasteiger partial charge >= 0.3 is 6.03 Å². The molecule has 23 nitrogen and oxygen atoms in total. The van der Waals surface area contributed by atoms with Gasteiger partial charge in [-0.15, -0.1) is 0 Å². The van der Waals surface area contributed by atoms with E-state index in [4.69, 9.17) is 5.73 Å². The highest BCUT2D eigenvalue weighted by Crippen LogP contribution is 2.43. The Hall–Kier alpha value is -5.97. The molecule has 84 heavy (non-hydrogen) atoms. The molecule has 1 aliphatic heterocycles.